The number of pyridine rings is 1. The Bertz CT molecular complexity index is 491. The summed E-state index contributed by atoms with van der Waals surface area (Å²) in [6.07, 6.45) is 6.71. The summed E-state index contributed by atoms with van der Waals surface area (Å²) in [7, 11) is 0. The van der Waals surface area contributed by atoms with Crippen LogP contribution in [-0.4, -0.2) is 16.8 Å². The van der Waals surface area contributed by atoms with Crippen molar-refractivity contribution < 1.29 is 9.59 Å². The first kappa shape index (κ1) is 11.2. The van der Waals surface area contributed by atoms with Gasteiger partial charge in [0.1, 0.15) is 0 Å². The van der Waals surface area contributed by atoms with Crippen molar-refractivity contribution >= 4 is 23.2 Å². The van der Waals surface area contributed by atoms with Gasteiger partial charge in [0.25, 0.3) is 0 Å². The zero-order chi connectivity index (χ0) is 12.7. The summed E-state index contributed by atoms with van der Waals surface area (Å²) >= 11 is 0. The molecule has 94 valence electrons. The highest BCUT2D eigenvalue weighted by molar-refractivity contribution is 6.23. The molecular weight excluding hydrogens is 230 g/mol. The molecule has 2 aliphatic rings. The van der Waals surface area contributed by atoms with Crippen LogP contribution in [0.4, 0.5) is 11.4 Å². The van der Waals surface area contributed by atoms with E-state index in [1.807, 2.05) is 0 Å². The fraction of sp³-hybridized carbons (Fsp3) is 0.462. The Morgan fingerprint density at radius 2 is 1.78 bits per heavy atom. The van der Waals surface area contributed by atoms with E-state index in [2.05, 4.69) is 4.98 Å². The molecule has 1 aromatic heterocycles. The number of nitrogens with zero attached hydrogens (tertiary/aromatic N) is 2. The van der Waals surface area contributed by atoms with Gasteiger partial charge in [-0.3, -0.25) is 14.6 Å². The van der Waals surface area contributed by atoms with Gasteiger partial charge in [0.2, 0.25) is 11.8 Å². The average molecular weight is 245 g/mol. The number of nitrogens with two attached hydrogens (primary N) is 1. The molecule has 2 unspecified atom stereocenters. The number of carbonyl (C=O) groups excluding carboxylic acids is 2. The van der Waals surface area contributed by atoms with Gasteiger partial charge in [0.15, 0.2) is 0 Å². The van der Waals surface area contributed by atoms with E-state index in [0.717, 1.165) is 25.7 Å². The molecule has 2 atom stereocenters. The number of aromatic nitrogens is 1. The lowest BCUT2D eigenvalue weighted by molar-refractivity contribution is -0.122. The summed E-state index contributed by atoms with van der Waals surface area (Å²) in [5.41, 5.74) is 6.66. The van der Waals surface area contributed by atoms with E-state index in [1.54, 1.807) is 12.3 Å². The van der Waals surface area contributed by atoms with E-state index in [0.29, 0.717) is 11.4 Å². The van der Waals surface area contributed by atoms with Crippen molar-refractivity contribution in [2.24, 2.45) is 11.8 Å². The molecule has 2 heterocycles. The molecule has 18 heavy (non-hydrogen) atoms. The quantitative estimate of drug-likeness (QED) is 0.757. The molecule has 2 amide bonds. The van der Waals surface area contributed by atoms with Crippen LogP contribution in [0.2, 0.25) is 0 Å². The molecule has 0 spiro atoms. The fourth-order valence-electron chi connectivity index (χ4n) is 3.00. The van der Waals surface area contributed by atoms with Crippen molar-refractivity contribution in [1.29, 1.82) is 0 Å². The smallest absolute Gasteiger partial charge is 0.237 e. The van der Waals surface area contributed by atoms with Gasteiger partial charge >= 0.3 is 0 Å². The monoisotopic (exact) mass is 245 g/mol. The van der Waals surface area contributed by atoms with E-state index in [1.165, 1.54) is 11.1 Å². The van der Waals surface area contributed by atoms with Crippen LogP contribution < -0.4 is 10.6 Å². The molecule has 1 saturated carbocycles. The van der Waals surface area contributed by atoms with Crippen LogP contribution in [-0.2, 0) is 9.59 Å². The van der Waals surface area contributed by atoms with Crippen molar-refractivity contribution in [3.8, 4) is 0 Å². The Balaban J connectivity index is 2.00. The normalized spacial score (nSPS) is 27.4. The Labute approximate surface area is 105 Å². The van der Waals surface area contributed by atoms with Gasteiger partial charge in [0, 0.05) is 6.20 Å². The molecule has 5 nitrogen and oxygen atoms in total. The minimum Gasteiger partial charge on any atom is -0.396 e. The number of amides is 2. The maximum atomic E-state index is 12.3. The summed E-state index contributed by atoms with van der Waals surface area (Å²) in [6.45, 7) is 0. The standard InChI is InChI=1S/C13H15N3O2/c14-10-7-15-6-5-11(10)16-12(17)8-3-1-2-4-9(8)13(16)18/h5-9H,1-4,14H2. The predicted molar refractivity (Wildman–Crippen MR) is 66.6 cm³/mol. The molecule has 1 saturated heterocycles. The highest BCUT2D eigenvalue weighted by Gasteiger charge is 2.49. The summed E-state index contributed by atoms with van der Waals surface area (Å²) < 4.78 is 0. The SMILES string of the molecule is Nc1cnccc1N1C(=O)C2CCCCC2C1=O. The van der Waals surface area contributed by atoms with E-state index in [9.17, 15) is 9.59 Å². The zero-order valence-electron chi connectivity index (χ0n) is 10.0. The molecule has 3 rings (SSSR count). The third-order valence-corrected chi connectivity index (χ3v) is 3.91. The van der Waals surface area contributed by atoms with E-state index < -0.39 is 0 Å². The summed E-state index contributed by atoms with van der Waals surface area (Å²) in [6, 6.07) is 1.63. The lowest BCUT2D eigenvalue weighted by Gasteiger charge is -2.19. The molecule has 1 aromatic rings. The number of anilines is 2. The average Bonchev–Trinajstić information content (AvgIpc) is 2.64. The van der Waals surface area contributed by atoms with Gasteiger partial charge in [-0.2, -0.15) is 0 Å². The zero-order valence-corrected chi connectivity index (χ0v) is 10.0. The Kier molecular flexibility index (Phi) is 2.54. The molecule has 0 aromatic carbocycles. The van der Waals surface area contributed by atoms with Crippen LogP contribution in [0.1, 0.15) is 25.7 Å². The topological polar surface area (TPSA) is 76.3 Å². The second-order valence-electron chi connectivity index (χ2n) is 4.94. The van der Waals surface area contributed by atoms with E-state index in [4.69, 9.17) is 5.73 Å². The molecule has 0 radical (unpaired) electrons. The van der Waals surface area contributed by atoms with Gasteiger partial charge in [-0.05, 0) is 18.9 Å². The number of carbonyl (C=O) groups is 2. The van der Waals surface area contributed by atoms with Gasteiger partial charge < -0.3 is 5.73 Å². The van der Waals surface area contributed by atoms with Crippen molar-refractivity contribution in [3.05, 3.63) is 18.5 Å². The van der Waals surface area contributed by atoms with Crippen molar-refractivity contribution in [3.63, 3.8) is 0 Å². The van der Waals surface area contributed by atoms with Gasteiger partial charge in [0.05, 0.1) is 29.4 Å². The highest BCUT2D eigenvalue weighted by Crippen LogP contribution is 2.41. The van der Waals surface area contributed by atoms with Crippen LogP contribution in [0.25, 0.3) is 0 Å². The molecule has 1 aliphatic carbocycles. The number of nitrogen functional groups attached to an aromatic ring is 1. The first-order valence-electron chi connectivity index (χ1n) is 6.27. The van der Waals surface area contributed by atoms with E-state index >= 15 is 0 Å². The molecule has 1 aliphatic heterocycles. The third-order valence-electron chi connectivity index (χ3n) is 3.91. The maximum Gasteiger partial charge on any atom is 0.237 e. The van der Waals surface area contributed by atoms with Crippen LogP contribution in [0.3, 0.4) is 0 Å². The minimum absolute atomic E-state index is 0.0948. The van der Waals surface area contributed by atoms with Crippen molar-refractivity contribution in [1.82, 2.24) is 4.98 Å². The lowest BCUT2D eigenvalue weighted by atomic mass is 9.81. The minimum atomic E-state index is -0.140. The first-order valence-corrected chi connectivity index (χ1v) is 6.27. The molecule has 5 heteroatoms. The predicted octanol–water partition coefficient (Wildman–Crippen LogP) is 1.34. The first-order chi connectivity index (χ1) is 8.70. The lowest BCUT2D eigenvalue weighted by Crippen LogP contribution is -2.31. The maximum absolute atomic E-state index is 12.3. The van der Waals surface area contributed by atoms with Gasteiger partial charge in [-0.15, -0.1) is 0 Å². The van der Waals surface area contributed by atoms with Crippen LogP contribution in [0.5, 0.6) is 0 Å². The fourth-order valence-corrected chi connectivity index (χ4v) is 3.00. The number of rotatable bonds is 1. The second kappa shape index (κ2) is 4.08. The Morgan fingerprint density at radius 3 is 2.33 bits per heavy atom. The largest absolute Gasteiger partial charge is 0.396 e. The molecule has 2 N–H and O–H groups in total. The summed E-state index contributed by atoms with van der Waals surface area (Å²) in [5, 5.41) is 0. The Morgan fingerprint density at radius 1 is 1.17 bits per heavy atom. The Hall–Kier alpha value is -1.91. The number of imide groups is 1. The third kappa shape index (κ3) is 1.50. The van der Waals surface area contributed by atoms with E-state index in [-0.39, 0.29) is 23.7 Å². The van der Waals surface area contributed by atoms with Gasteiger partial charge in [-0.1, -0.05) is 12.8 Å². The highest BCUT2D eigenvalue weighted by atomic mass is 16.2. The van der Waals surface area contributed by atoms with Crippen LogP contribution in [0.15, 0.2) is 18.5 Å². The van der Waals surface area contributed by atoms with Crippen molar-refractivity contribution in [2.75, 3.05) is 10.6 Å². The number of hydrogen-bond donors (Lipinski definition) is 1. The molecular formula is C13H15N3O2. The van der Waals surface area contributed by atoms with Crippen molar-refractivity contribution in [2.45, 2.75) is 25.7 Å². The number of hydrogen-bond acceptors (Lipinski definition) is 4. The van der Waals surface area contributed by atoms with Gasteiger partial charge in [-0.25, -0.2) is 4.90 Å². The van der Waals surface area contributed by atoms with Crippen LogP contribution in [0, 0.1) is 11.8 Å². The number of fused-ring (bicyclic) bond motifs is 1. The summed E-state index contributed by atoms with van der Waals surface area (Å²) in [4.78, 5) is 29.8. The second-order valence-corrected chi connectivity index (χ2v) is 4.94. The summed E-state index contributed by atoms with van der Waals surface area (Å²) in [5.74, 6) is -0.470. The molecule has 2 fully saturated rings. The molecule has 0 bridgehead atoms. The van der Waals surface area contributed by atoms with Crippen LogP contribution >= 0.6 is 0 Å².